The fourth-order valence-corrected chi connectivity index (χ4v) is 4.77. The van der Waals surface area contributed by atoms with Crippen LogP contribution in [-0.2, 0) is 17.7 Å². The number of aromatic amines is 1. The van der Waals surface area contributed by atoms with Crippen molar-refractivity contribution in [3.05, 3.63) is 40.2 Å². The Kier molecular flexibility index (Phi) is 8.75. The van der Waals surface area contributed by atoms with Crippen molar-refractivity contribution in [2.24, 2.45) is 0 Å². The first-order valence-electron chi connectivity index (χ1n) is 12.8. The Bertz CT molecular complexity index is 1010. The second-order valence-electron chi connectivity index (χ2n) is 8.92. The van der Waals surface area contributed by atoms with Crippen LogP contribution < -0.4 is 0 Å². The number of carbonyl (C=O) groups excluding carboxylic acids is 2. The molecule has 0 atom stereocenters. The summed E-state index contributed by atoms with van der Waals surface area (Å²) < 4.78 is 4.89. The van der Waals surface area contributed by atoms with Crippen molar-refractivity contribution in [3.63, 3.8) is 0 Å². The van der Waals surface area contributed by atoms with Crippen LogP contribution in [-0.4, -0.2) is 58.5 Å². The quantitative estimate of drug-likeness (QED) is 0.592. The van der Waals surface area contributed by atoms with Gasteiger partial charge in [0.05, 0.1) is 25.0 Å². The van der Waals surface area contributed by atoms with Gasteiger partial charge >= 0.3 is 6.09 Å². The molecule has 0 radical (unpaired) electrons. The molecule has 1 N–H and O–H groups in total. The molecule has 7 nitrogen and oxygen atoms in total. The van der Waals surface area contributed by atoms with E-state index in [1.807, 2.05) is 38.7 Å². The lowest BCUT2D eigenvalue weighted by Gasteiger charge is -2.29. The van der Waals surface area contributed by atoms with E-state index < -0.39 is 0 Å². The SMILES string of the molecule is CC.CCCN(CC)C(=O)c1cc(-c2nc3c([nH]2)CN(C(=O)OC)CC3)c(C2CCC2)cc1C. The van der Waals surface area contributed by atoms with Crippen LogP contribution in [0, 0.1) is 6.92 Å². The number of methoxy groups -OCH3 is 1. The molecule has 1 aromatic heterocycles. The topological polar surface area (TPSA) is 78.5 Å². The van der Waals surface area contributed by atoms with Gasteiger partial charge in [-0.2, -0.15) is 0 Å². The number of aryl methyl sites for hydroxylation is 1. The third-order valence-electron chi connectivity index (χ3n) is 6.85. The molecular weight excluding hydrogens is 428 g/mol. The summed E-state index contributed by atoms with van der Waals surface area (Å²) in [5.74, 6) is 1.40. The maximum Gasteiger partial charge on any atom is 0.409 e. The van der Waals surface area contributed by atoms with E-state index in [4.69, 9.17) is 9.72 Å². The molecule has 1 aromatic carbocycles. The van der Waals surface area contributed by atoms with Crippen LogP contribution in [0.15, 0.2) is 12.1 Å². The Labute approximate surface area is 203 Å². The summed E-state index contributed by atoms with van der Waals surface area (Å²) in [5.41, 5.74) is 6.03. The summed E-state index contributed by atoms with van der Waals surface area (Å²) in [6.07, 6.45) is 4.90. The molecule has 1 fully saturated rings. The number of ether oxygens (including phenoxy) is 1. The molecule has 4 rings (SSSR count). The number of imidazole rings is 1. The van der Waals surface area contributed by atoms with Gasteiger partial charge in [-0.15, -0.1) is 0 Å². The molecule has 186 valence electrons. The second kappa shape index (κ2) is 11.5. The van der Waals surface area contributed by atoms with Gasteiger partial charge < -0.3 is 19.5 Å². The van der Waals surface area contributed by atoms with Gasteiger partial charge in [-0.25, -0.2) is 9.78 Å². The first kappa shape index (κ1) is 25.8. The van der Waals surface area contributed by atoms with E-state index in [2.05, 4.69) is 18.0 Å². The average Bonchev–Trinajstić information content (AvgIpc) is 3.25. The van der Waals surface area contributed by atoms with Crippen LogP contribution in [0.2, 0.25) is 0 Å². The van der Waals surface area contributed by atoms with Gasteiger partial charge in [0.15, 0.2) is 0 Å². The number of fused-ring (bicyclic) bond motifs is 1. The van der Waals surface area contributed by atoms with Crippen LogP contribution >= 0.6 is 0 Å². The first-order chi connectivity index (χ1) is 16.5. The van der Waals surface area contributed by atoms with Crippen LogP contribution in [0.1, 0.15) is 92.2 Å². The van der Waals surface area contributed by atoms with Gasteiger partial charge in [0, 0.05) is 37.2 Å². The highest BCUT2D eigenvalue weighted by molar-refractivity contribution is 5.97. The number of nitrogens with one attached hydrogen (secondary N) is 1. The van der Waals surface area contributed by atoms with Crippen molar-refractivity contribution in [3.8, 4) is 11.4 Å². The standard InChI is InChI=1S/C25H34N4O3.C2H6/c1-5-11-28(6-2)24(30)18-14-20(19(13-16(18)3)17-8-7-9-17)23-26-21-10-12-29(25(31)32-4)15-22(21)27-23;1-2/h13-14,17H,5-12,15H2,1-4H3,(H,26,27);1-2H3. The normalized spacial score (nSPS) is 15.1. The van der Waals surface area contributed by atoms with E-state index in [1.165, 1.54) is 31.9 Å². The monoisotopic (exact) mass is 468 g/mol. The van der Waals surface area contributed by atoms with Crippen molar-refractivity contribution in [2.45, 2.75) is 79.2 Å². The van der Waals surface area contributed by atoms with E-state index in [0.717, 1.165) is 46.9 Å². The number of rotatable bonds is 6. The van der Waals surface area contributed by atoms with Crippen molar-refractivity contribution in [1.29, 1.82) is 0 Å². The molecule has 1 aliphatic carbocycles. The zero-order valence-corrected chi connectivity index (χ0v) is 21.7. The van der Waals surface area contributed by atoms with Gasteiger partial charge in [-0.3, -0.25) is 4.79 Å². The number of H-pyrrole nitrogens is 1. The predicted octanol–water partition coefficient (Wildman–Crippen LogP) is 5.68. The van der Waals surface area contributed by atoms with E-state index in [-0.39, 0.29) is 12.0 Å². The van der Waals surface area contributed by atoms with E-state index in [9.17, 15) is 9.59 Å². The number of hydrogen-bond donors (Lipinski definition) is 1. The lowest BCUT2D eigenvalue weighted by atomic mass is 9.77. The molecule has 1 aliphatic heterocycles. The lowest BCUT2D eigenvalue weighted by molar-refractivity contribution is 0.0763. The second-order valence-corrected chi connectivity index (χ2v) is 8.92. The van der Waals surface area contributed by atoms with E-state index >= 15 is 0 Å². The molecule has 34 heavy (non-hydrogen) atoms. The lowest BCUT2D eigenvalue weighted by Crippen LogP contribution is -2.35. The first-order valence-corrected chi connectivity index (χ1v) is 12.8. The number of aromatic nitrogens is 2. The van der Waals surface area contributed by atoms with Crippen molar-refractivity contribution < 1.29 is 14.3 Å². The third kappa shape index (κ3) is 5.13. The largest absolute Gasteiger partial charge is 0.453 e. The number of amides is 2. The smallest absolute Gasteiger partial charge is 0.409 e. The Hall–Kier alpha value is -2.83. The van der Waals surface area contributed by atoms with Crippen LogP contribution in [0.25, 0.3) is 11.4 Å². The summed E-state index contributed by atoms with van der Waals surface area (Å²) in [7, 11) is 1.41. The van der Waals surface area contributed by atoms with Crippen LogP contribution in [0.5, 0.6) is 0 Å². The number of benzene rings is 1. The number of nitrogens with zero attached hydrogens (tertiary/aromatic N) is 3. The highest BCUT2D eigenvalue weighted by Gasteiger charge is 2.29. The minimum absolute atomic E-state index is 0.0847. The zero-order valence-electron chi connectivity index (χ0n) is 21.7. The van der Waals surface area contributed by atoms with Gasteiger partial charge in [-0.1, -0.05) is 33.3 Å². The molecule has 0 bridgehead atoms. The Morgan fingerprint density at radius 1 is 1.24 bits per heavy atom. The average molecular weight is 469 g/mol. The molecule has 2 amide bonds. The molecule has 0 unspecified atom stereocenters. The minimum Gasteiger partial charge on any atom is -0.453 e. The van der Waals surface area contributed by atoms with Crippen LogP contribution in [0.4, 0.5) is 4.79 Å². The van der Waals surface area contributed by atoms with Crippen LogP contribution in [0.3, 0.4) is 0 Å². The summed E-state index contributed by atoms with van der Waals surface area (Å²) >= 11 is 0. The van der Waals surface area contributed by atoms with Gasteiger partial charge in [0.25, 0.3) is 5.91 Å². The van der Waals surface area contributed by atoms with Gasteiger partial charge in [-0.05, 0) is 56.2 Å². The van der Waals surface area contributed by atoms with Crippen molar-refractivity contribution in [1.82, 2.24) is 19.8 Å². The molecule has 2 aliphatic rings. The number of carbonyl (C=O) groups is 2. The fourth-order valence-electron chi connectivity index (χ4n) is 4.77. The summed E-state index contributed by atoms with van der Waals surface area (Å²) in [4.78, 5) is 37.3. The fraction of sp³-hybridized carbons (Fsp3) is 0.593. The maximum absolute atomic E-state index is 13.3. The summed E-state index contributed by atoms with van der Waals surface area (Å²) in [5, 5.41) is 0. The Morgan fingerprint density at radius 2 is 1.97 bits per heavy atom. The third-order valence-corrected chi connectivity index (χ3v) is 6.85. The maximum atomic E-state index is 13.3. The minimum atomic E-state index is -0.319. The molecular formula is C27H40N4O3. The van der Waals surface area contributed by atoms with Crippen molar-refractivity contribution in [2.75, 3.05) is 26.7 Å². The summed E-state index contributed by atoms with van der Waals surface area (Å²) in [6.45, 7) is 12.7. The van der Waals surface area contributed by atoms with Gasteiger partial charge in [0.1, 0.15) is 5.82 Å². The summed E-state index contributed by atoms with van der Waals surface area (Å²) in [6, 6.07) is 4.25. The van der Waals surface area contributed by atoms with Gasteiger partial charge in [0.2, 0.25) is 0 Å². The highest BCUT2D eigenvalue weighted by atomic mass is 16.5. The predicted molar refractivity (Wildman–Crippen MR) is 135 cm³/mol. The highest BCUT2D eigenvalue weighted by Crippen LogP contribution is 2.42. The van der Waals surface area contributed by atoms with Crippen molar-refractivity contribution >= 4 is 12.0 Å². The van der Waals surface area contributed by atoms with E-state index in [1.54, 1.807) is 4.90 Å². The van der Waals surface area contributed by atoms with E-state index in [0.29, 0.717) is 32.0 Å². The molecule has 0 spiro atoms. The zero-order chi connectivity index (χ0) is 24.8. The Balaban J connectivity index is 0.00000158. The molecule has 7 heteroatoms. The molecule has 2 aromatic rings. The molecule has 0 saturated heterocycles. The molecule has 1 saturated carbocycles. The number of hydrogen-bond acceptors (Lipinski definition) is 4. The molecule has 2 heterocycles. The Morgan fingerprint density at radius 3 is 2.56 bits per heavy atom.